The molecule has 0 saturated carbocycles. The van der Waals surface area contributed by atoms with E-state index in [1.54, 1.807) is 12.1 Å². The highest BCUT2D eigenvalue weighted by atomic mass is 32.2. The highest BCUT2D eigenvalue weighted by Gasteiger charge is 2.28. The maximum Gasteiger partial charge on any atom is 0.296 e. The quantitative estimate of drug-likeness (QED) is 0.0871. The molecule has 3 aromatic carbocycles. The molecule has 3 N–H and O–H groups in total. The first kappa shape index (κ1) is 36.8. The van der Waals surface area contributed by atoms with E-state index in [-0.39, 0.29) is 11.3 Å². The molecule has 2 aliphatic rings. The van der Waals surface area contributed by atoms with Crippen LogP contribution in [0.25, 0.3) is 33.4 Å². The maximum atomic E-state index is 13.6. The molecule has 0 spiro atoms. The van der Waals surface area contributed by atoms with E-state index in [0.717, 1.165) is 61.5 Å². The molecule has 0 fully saturated rings. The number of nitrogens with zero attached hydrogens (tertiary/aromatic N) is 2. The van der Waals surface area contributed by atoms with E-state index in [9.17, 15) is 34.4 Å². The molecule has 0 saturated heterocycles. The van der Waals surface area contributed by atoms with Crippen LogP contribution in [-0.4, -0.2) is 67.6 Å². The van der Waals surface area contributed by atoms with Gasteiger partial charge in [-0.2, -0.15) is 16.8 Å². The smallest absolute Gasteiger partial charge is 0.296 e. The number of rotatable bonds is 12. The van der Waals surface area contributed by atoms with Gasteiger partial charge in [0.15, 0.2) is 0 Å². The second kappa shape index (κ2) is 14.0. The van der Waals surface area contributed by atoms with E-state index < -0.39 is 50.6 Å². The predicted octanol–water partition coefficient (Wildman–Crippen LogP) is 5.17. The summed E-state index contributed by atoms with van der Waals surface area (Å²) in [7, 11) is -13.4. The van der Waals surface area contributed by atoms with Gasteiger partial charge in [0.05, 0.1) is 23.8 Å². The normalized spacial score (nSPS) is 12.3. The van der Waals surface area contributed by atoms with Crippen LogP contribution >= 0.6 is 0 Å². The van der Waals surface area contributed by atoms with Crippen LogP contribution in [0.3, 0.4) is 0 Å². The van der Waals surface area contributed by atoms with Gasteiger partial charge in [-0.1, -0.05) is 6.07 Å². The second-order valence-electron chi connectivity index (χ2n) is 11.3. The highest BCUT2D eigenvalue weighted by molar-refractivity contribution is 7.93. The van der Waals surface area contributed by atoms with Gasteiger partial charge in [0.25, 0.3) is 30.3 Å². The summed E-state index contributed by atoms with van der Waals surface area (Å²) < 4.78 is 113. The largest absolute Gasteiger partial charge is 0.497 e. The van der Waals surface area contributed by atoms with Crippen molar-refractivity contribution in [2.45, 2.75) is 42.4 Å². The van der Waals surface area contributed by atoms with E-state index in [2.05, 4.69) is 14.2 Å². The van der Waals surface area contributed by atoms with Gasteiger partial charge in [0.1, 0.15) is 40.0 Å². The van der Waals surface area contributed by atoms with Crippen LogP contribution in [0.4, 0.5) is 11.4 Å². The molecule has 1 aliphatic carbocycles. The van der Waals surface area contributed by atoms with Gasteiger partial charge in [0.2, 0.25) is 5.36 Å². The third kappa shape index (κ3) is 7.20. The average Bonchev–Trinajstić information content (AvgIpc) is 3.07. The van der Waals surface area contributed by atoms with Crippen LogP contribution in [0, 0.1) is 0 Å². The number of nitrogens with one attached hydrogen (secondary N) is 1. The Morgan fingerprint density at radius 3 is 2.02 bits per heavy atom. The number of anilines is 2. The summed E-state index contributed by atoms with van der Waals surface area (Å²) >= 11 is 0. The summed E-state index contributed by atoms with van der Waals surface area (Å²) in [6.45, 7) is 11.0. The molecule has 0 bridgehead atoms. The Morgan fingerprint density at radius 2 is 1.42 bits per heavy atom. The van der Waals surface area contributed by atoms with Crippen molar-refractivity contribution >= 4 is 52.6 Å². The summed E-state index contributed by atoms with van der Waals surface area (Å²) in [6, 6.07) is 17.5. The van der Waals surface area contributed by atoms with Gasteiger partial charge >= 0.3 is 0 Å². The minimum absolute atomic E-state index is 0.00602. The Bertz CT molecular complexity index is 2470. The van der Waals surface area contributed by atoms with Gasteiger partial charge in [-0.15, -0.1) is 0 Å². The monoisotopic (exact) mass is 744 g/mol. The predicted molar refractivity (Wildman–Crippen MR) is 192 cm³/mol. The molecular weight excluding hydrogens is 707 g/mol. The Hall–Kier alpha value is -4.48. The van der Waals surface area contributed by atoms with Gasteiger partial charge < -0.3 is 14.1 Å². The van der Waals surface area contributed by atoms with Gasteiger partial charge in [-0.05, 0) is 70.2 Å². The topological polar surface area (TPSA) is 184 Å². The number of hydrogen-bond donors (Lipinski definition) is 3. The van der Waals surface area contributed by atoms with E-state index in [4.69, 9.17) is 9.15 Å². The molecule has 1 heterocycles. The van der Waals surface area contributed by atoms with Crippen LogP contribution in [0.5, 0.6) is 5.75 Å². The van der Waals surface area contributed by atoms with Crippen molar-refractivity contribution in [2.24, 2.45) is 0 Å². The summed E-state index contributed by atoms with van der Waals surface area (Å²) in [5.74, 6) is 0.464. The van der Waals surface area contributed by atoms with E-state index in [1.807, 2.05) is 52.0 Å². The molecular formula is C34H38N3O10S3+. The Kier molecular flexibility index (Phi) is 10.3. The molecule has 50 heavy (non-hydrogen) atoms. The maximum absolute atomic E-state index is 13.6. The summed E-state index contributed by atoms with van der Waals surface area (Å²) in [5.41, 5.74) is 1.70. The summed E-state index contributed by atoms with van der Waals surface area (Å²) in [5, 5.41) is 1.39. The first-order valence-corrected chi connectivity index (χ1v) is 20.1. The fourth-order valence-electron chi connectivity index (χ4n) is 5.95. The van der Waals surface area contributed by atoms with Crippen molar-refractivity contribution in [3.8, 4) is 28.2 Å². The lowest BCUT2D eigenvalue weighted by Gasteiger charge is -2.22. The van der Waals surface area contributed by atoms with Crippen LogP contribution in [0.1, 0.15) is 27.7 Å². The zero-order chi connectivity index (χ0) is 36.6. The lowest BCUT2D eigenvalue weighted by atomic mass is 9.93. The number of benzene rings is 4. The third-order valence-electron chi connectivity index (χ3n) is 8.47. The Morgan fingerprint density at radius 1 is 0.760 bits per heavy atom. The van der Waals surface area contributed by atoms with Crippen molar-refractivity contribution in [2.75, 3.05) is 42.9 Å². The summed E-state index contributed by atoms with van der Waals surface area (Å²) in [4.78, 5) is 0.0242. The first-order chi connectivity index (χ1) is 23.6. The minimum atomic E-state index is -5.07. The molecule has 1 aliphatic heterocycles. The molecule has 0 aromatic heterocycles. The van der Waals surface area contributed by atoms with E-state index >= 15 is 0 Å². The number of ether oxygens (including phenoxy) is 1. The van der Waals surface area contributed by atoms with E-state index in [0.29, 0.717) is 27.9 Å². The number of sulfonamides is 1. The molecule has 0 radical (unpaired) electrons. The SMILES string of the molecule is CCN(CC)c1ccc2c(-c3ccc(S(=O)(=O)Nc4ccc(OC)cc4S(=O)(=O)O)cc3S(=O)(=O)O)c3ccc(=[N+](CC)CC)cc-3oc2c1. The van der Waals surface area contributed by atoms with Crippen molar-refractivity contribution < 1.29 is 43.5 Å². The third-order valence-corrected chi connectivity index (χ3v) is 11.6. The van der Waals surface area contributed by atoms with Crippen molar-refractivity contribution in [3.05, 3.63) is 78.2 Å². The number of hydrogen-bond acceptors (Lipinski definition) is 9. The lowest BCUT2D eigenvalue weighted by Crippen LogP contribution is -2.29. The zero-order valence-corrected chi connectivity index (χ0v) is 30.5. The molecule has 0 atom stereocenters. The first-order valence-electron chi connectivity index (χ1n) is 15.7. The van der Waals surface area contributed by atoms with Crippen LogP contribution in [0.15, 0.2) is 91.9 Å². The van der Waals surface area contributed by atoms with Crippen LogP contribution < -0.4 is 24.3 Å². The number of fused-ring (bicyclic) bond motifs is 2. The number of methoxy groups -OCH3 is 1. The van der Waals surface area contributed by atoms with Crippen molar-refractivity contribution in [1.29, 1.82) is 0 Å². The molecule has 0 amide bonds. The fraction of sp³-hybridized carbons (Fsp3) is 0.265. The molecule has 13 nitrogen and oxygen atoms in total. The standard InChI is InChI=1S/C34H37N3O10S3/c1-6-36(7-2)22-10-14-26-30(18-22)47-31-19-23(37(8-3)9-4)11-15-27(31)34(26)28-16-13-25(21-32(28)49(40,41)42)48(38,39)35-29-17-12-24(46-5)20-33(29)50(43,44)45/h10-21,35H,6-9H2,1-5H3,(H-,40,41,42,43,44,45)/p+1. The summed E-state index contributed by atoms with van der Waals surface area (Å²) in [6.07, 6.45) is 0. The van der Waals surface area contributed by atoms with Crippen LogP contribution in [0.2, 0.25) is 0 Å². The van der Waals surface area contributed by atoms with Crippen molar-refractivity contribution in [1.82, 2.24) is 4.58 Å². The van der Waals surface area contributed by atoms with Gasteiger partial charge in [-0.3, -0.25) is 13.8 Å². The van der Waals surface area contributed by atoms with Crippen LogP contribution in [-0.2, 0) is 30.3 Å². The Balaban J connectivity index is 1.79. The Labute approximate surface area is 291 Å². The molecule has 3 aromatic rings. The lowest BCUT2D eigenvalue weighted by molar-refractivity contribution is 0.412. The molecule has 0 unspecified atom stereocenters. The molecule has 266 valence electrons. The van der Waals surface area contributed by atoms with Gasteiger partial charge in [-0.25, -0.2) is 13.0 Å². The molecule has 5 rings (SSSR count). The van der Waals surface area contributed by atoms with E-state index in [1.165, 1.54) is 19.2 Å². The fourth-order valence-corrected chi connectivity index (χ4v) is 8.58. The zero-order valence-electron chi connectivity index (χ0n) is 28.0. The van der Waals surface area contributed by atoms with Gasteiger partial charge in [0, 0.05) is 59.1 Å². The van der Waals surface area contributed by atoms with Crippen molar-refractivity contribution in [3.63, 3.8) is 0 Å². The molecule has 16 heteroatoms. The second-order valence-corrected chi connectivity index (χ2v) is 15.7. The average molecular weight is 745 g/mol. The minimum Gasteiger partial charge on any atom is -0.497 e. The highest BCUT2D eigenvalue weighted by Crippen LogP contribution is 2.43.